The molecule has 11 heavy (non-hydrogen) atoms. The summed E-state index contributed by atoms with van der Waals surface area (Å²) >= 11 is 0. The first-order valence-corrected chi connectivity index (χ1v) is 4.25. The lowest BCUT2D eigenvalue weighted by atomic mass is 9.95. The van der Waals surface area contributed by atoms with Gasteiger partial charge in [-0.1, -0.05) is 13.8 Å². The van der Waals surface area contributed by atoms with E-state index in [1.807, 2.05) is 0 Å². The van der Waals surface area contributed by atoms with Gasteiger partial charge in [0.15, 0.2) is 0 Å². The normalized spacial score (nSPS) is 30.7. The van der Waals surface area contributed by atoms with E-state index >= 15 is 0 Å². The molecule has 1 aliphatic heterocycles. The van der Waals surface area contributed by atoms with Crippen LogP contribution in [0.15, 0.2) is 0 Å². The fourth-order valence-corrected chi connectivity index (χ4v) is 1.49. The largest absolute Gasteiger partial charge is 0.377 e. The van der Waals surface area contributed by atoms with Crippen LogP contribution in [0.4, 0.5) is 0 Å². The fourth-order valence-electron chi connectivity index (χ4n) is 1.49. The summed E-state index contributed by atoms with van der Waals surface area (Å²) in [6.45, 7) is 5.10. The highest BCUT2D eigenvalue weighted by atomic mass is 16.5. The van der Waals surface area contributed by atoms with E-state index in [-0.39, 0.29) is 12.0 Å². The van der Waals surface area contributed by atoms with Crippen LogP contribution in [0.25, 0.3) is 0 Å². The van der Waals surface area contributed by atoms with Crippen molar-refractivity contribution >= 4 is 0 Å². The second-order valence-electron chi connectivity index (χ2n) is 3.56. The van der Waals surface area contributed by atoms with Crippen LogP contribution in [0.3, 0.4) is 0 Å². The predicted octanol–water partition coefficient (Wildman–Crippen LogP) is 1.96. The molecular weight excluding hydrogens is 138 g/mol. The Morgan fingerprint density at radius 2 is 2.36 bits per heavy atom. The molecule has 1 aliphatic rings. The van der Waals surface area contributed by atoms with E-state index < -0.39 is 0 Å². The topological polar surface area (TPSA) is 33.0 Å². The molecule has 1 saturated heterocycles. The van der Waals surface area contributed by atoms with Crippen LogP contribution in [-0.4, -0.2) is 12.7 Å². The third-order valence-electron chi connectivity index (χ3n) is 2.08. The number of rotatable bonds is 2. The van der Waals surface area contributed by atoms with Crippen LogP contribution < -0.4 is 0 Å². The maximum atomic E-state index is 8.72. The van der Waals surface area contributed by atoms with Gasteiger partial charge in [0, 0.05) is 6.61 Å². The molecule has 0 aromatic heterocycles. The molecule has 0 spiro atoms. The van der Waals surface area contributed by atoms with Crippen LogP contribution in [0.5, 0.6) is 0 Å². The number of ether oxygens (including phenoxy) is 1. The molecule has 0 N–H and O–H groups in total. The van der Waals surface area contributed by atoms with E-state index in [1.165, 1.54) is 0 Å². The average molecular weight is 153 g/mol. The highest BCUT2D eigenvalue weighted by molar-refractivity contribution is 4.92. The molecule has 0 amide bonds. The van der Waals surface area contributed by atoms with E-state index in [0.29, 0.717) is 5.92 Å². The molecular formula is C9H15NO. The zero-order chi connectivity index (χ0) is 8.27. The minimum absolute atomic E-state index is 0.150. The Hall–Kier alpha value is -0.550. The Kier molecular flexibility index (Phi) is 2.90. The Labute approximate surface area is 68.2 Å². The van der Waals surface area contributed by atoms with E-state index in [1.54, 1.807) is 0 Å². The summed E-state index contributed by atoms with van der Waals surface area (Å²) in [4.78, 5) is 0. The second-order valence-corrected chi connectivity index (χ2v) is 3.56. The van der Waals surface area contributed by atoms with Crippen molar-refractivity contribution in [3.8, 4) is 6.07 Å². The van der Waals surface area contributed by atoms with Gasteiger partial charge in [0.2, 0.25) is 0 Å². The van der Waals surface area contributed by atoms with Crippen molar-refractivity contribution in [2.45, 2.75) is 32.8 Å². The van der Waals surface area contributed by atoms with Gasteiger partial charge in [-0.25, -0.2) is 0 Å². The molecule has 2 atom stereocenters. The highest BCUT2D eigenvalue weighted by Crippen LogP contribution is 2.25. The molecule has 0 saturated carbocycles. The predicted molar refractivity (Wildman–Crippen MR) is 42.9 cm³/mol. The van der Waals surface area contributed by atoms with Crippen molar-refractivity contribution in [3.63, 3.8) is 0 Å². The van der Waals surface area contributed by atoms with Gasteiger partial charge in [-0.15, -0.1) is 0 Å². The summed E-state index contributed by atoms with van der Waals surface area (Å²) in [6, 6.07) is 2.29. The summed E-state index contributed by atoms with van der Waals surface area (Å²) in [5.74, 6) is 0.784. The van der Waals surface area contributed by atoms with Gasteiger partial charge >= 0.3 is 0 Å². The SMILES string of the molecule is CC(C)CC1OCCC1C#N. The van der Waals surface area contributed by atoms with Crippen molar-refractivity contribution in [2.75, 3.05) is 6.61 Å². The molecule has 0 aliphatic carbocycles. The van der Waals surface area contributed by atoms with Gasteiger partial charge in [-0.2, -0.15) is 5.26 Å². The monoisotopic (exact) mass is 153 g/mol. The highest BCUT2D eigenvalue weighted by Gasteiger charge is 2.28. The zero-order valence-corrected chi connectivity index (χ0v) is 7.21. The minimum atomic E-state index is 0.150. The summed E-state index contributed by atoms with van der Waals surface area (Å²) in [7, 11) is 0. The van der Waals surface area contributed by atoms with Gasteiger partial charge in [-0.3, -0.25) is 0 Å². The summed E-state index contributed by atoms with van der Waals surface area (Å²) in [6.07, 6.45) is 2.16. The van der Waals surface area contributed by atoms with Crippen molar-refractivity contribution in [2.24, 2.45) is 11.8 Å². The first-order valence-electron chi connectivity index (χ1n) is 4.25. The van der Waals surface area contributed by atoms with Crippen LogP contribution in [0.1, 0.15) is 26.7 Å². The van der Waals surface area contributed by atoms with Crippen molar-refractivity contribution in [3.05, 3.63) is 0 Å². The second kappa shape index (κ2) is 3.73. The molecule has 0 radical (unpaired) electrons. The third-order valence-corrected chi connectivity index (χ3v) is 2.08. The Morgan fingerprint density at radius 3 is 2.91 bits per heavy atom. The number of hydrogen-bond donors (Lipinski definition) is 0. The molecule has 2 heteroatoms. The van der Waals surface area contributed by atoms with Crippen LogP contribution in [-0.2, 0) is 4.74 Å². The Morgan fingerprint density at radius 1 is 1.64 bits per heavy atom. The Bertz CT molecular complexity index is 159. The van der Waals surface area contributed by atoms with Crippen molar-refractivity contribution < 1.29 is 4.74 Å². The molecule has 1 heterocycles. The van der Waals surface area contributed by atoms with E-state index in [4.69, 9.17) is 10.00 Å². The lowest BCUT2D eigenvalue weighted by Crippen LogP contribution is -2.16. The van der Waals surface area contributed by atoms with E-state index in [0.717, 1.165) is 19.4 Å². The first-order chi connectivity index (χ1) is 5.24. The third kappa shape index (κ3) is 2.20. The number of nitriles is 1. The lowest BCUT2D eigenvalue weighted by Gasteiger charge is -2.14. The maximum Gasteiger partial charge on any atom is 0.0747 e. The number of hydrogen-bond acceptors (Lipinski definition) is 2. The zero-order valence-electron chi connectivity index (χ0n) is 7.21. The maximum absolute atomic E-state index is 8.72. The summed E-state index contributed by atoms with van der Waals surface area (Å²) in [5.41, 5.74) is 0. The van der Waals surface area contributed by atoms with E-state index in [2.05, 4.69) is 19.9 Å². The quantitative estimate of drug-likeness (QED) is 0.607. The number of nitrogens with zero attached hydrogens (tertiary/aromatic N) is 1. The molecule has 1 fully saturated rings. The molecule has 62 valence electrons. The summed E-state index contributed by atoms with van der Waals surface area (Å²) < 4.78 is 5.44. The van der Waals surface area contributed by atoms with Gasteiger partial charge in [0.1, 0.15) is 0 Å². The first kappa shape index (κ1) is 8.55. The van der Waals surface area contributed by atoms with Gasteiger partial charge in [0.05, 0.1) is 18.1 Å². The molecule has 0 bridgehead atoms. The van der Waals surface area contributed by atoms with Crippen molar-refractivity contribution in [1.29, 1.82) is 5.26 Å². The lowest BCUT2D eigenvalue weighted by molar-refractivity contribution is 0.0828. The molecule has 2 nitrogen and oxygen atoms in total. The van der Waals surface area contributed by atoms with Gasteiger partial charge < -0.3 is 4.74 Å². The Balaban J connectivity index is 2.39. The van der Waals surface area contributed by atoms with Crippen LogP contribution in [0, 0.1) is 23.2 Å². The minimum Gasteiger partial charge on any atom is -0.377 e. The van der Waals surface area contributed by atoms with E-state index in [9.17, 15) is 0 Å². The fraction of sp³-hybridized carbons (Fsp3) is 0.889. The van der Waals surface area contributed by atoms with Crippen molar-refractivity contribution in [1.82, 2.24) is 0 Å². The van der Waals surface area contributed by atoms with Crippen LogP contribution in [0.2, 0.25) is 0 Å². The summed E-state index contributed by atoms with van der Waals surface area (Å²) in [5, 5.41) is 8.72. The molecule has 2 unspecified atom stereocenters. The smallest absolute Gasteiger partial charge is 0.0747 e. The average Bonchev–Trinajstić information content (AvgIpc) is 2.34. The van der Waals surface area contributed by atoms with Gasteiger partial charge in [0.25, 0.3) is 0 Å². The standard InChI is InChI=1S/C9H15NO/c1-7(2)5-9-8(6-10)3-4-11-9/h7-9H,3-5H2,1-2H3. The molecule has 0 aromatic carbocycles. The molecule has 1 rings (SSSR count). The van der Waals surface area contributed by atoms with Gasteiger partial charge in [-0.05, 0) is 18.8 Å². The molecule has 0 aromatic rings. The van der Waals surface area contributed by atoms with Crippen LogP contribution >= 0.6 is 0 Å².